The molecule has 0 spiro atoms. The maximum atomic E-state index is 13.1. The minimum atomic E-state index is -1.43. The van der Waals surface area contributed by atoms with Crippen molar-refractivity contribution in [3.8, 4) is 5.75 Å². The fraction of sp³-hybridized carbons (Fsp3) is 0.400. The highest BCUT2D eigenvalue weighted by atomic mass is 28.3. The Morgan fingerprint density at radius 2 is 1.77 bits per heavy atom. The molecule has 0 aromatic heterocycles. The molecule has 0 atom stereocenters. The normalized spacial score (nSPS) is 11.5. The highest BCUT2D eigenvalue weighted by Gasteiger charge is 2.17. The van der Waals surface area contributed by atoms with Gasteiger partial charge in [0.25, 0.3) is 0 Å². The third-order valence-corrected chi connectivity index (χ3v) is 3.99. The van der Waals surface area contributed by atoms with Gasteiger partial charge in [0.1, 0.15) is 11.6 Å². The average Bonchev–Trinajstić information content (AvgIpc) is 2.01. The van der Waals surface area contributed by atoms with Crippen molar-refractivity contribution in [3.63, 3.8) is 0 Å². The monoisotopic (exact) mass is 198 g/mol. The van der Waals surface area contributed by atoms with E-state index in [1.54, 1.807) is 13.2 Å². The minimum Gasteiger partial charge on any atom is -0.497 e. The Kier molecular flexibility index (Phi) is 2.76. The molecule has 0 saturated heterocycles. The van der Waals surface area contributed by atoms with Crippen molar-refractivity contribution in [1.29, 1.82) is 0 Å². The molecule has 3 heteroatoms. The van der Waals surface area contributed by atoms with Crippen LogP contribution in [0.2, 0.25) is 19.6 Å². The summed E-state index contributed by atoms with van der Waals surface area (Å²) in [5.41, 5.74) is 0. The van der Waals surface area contributed by atoms with Gasteiger partial charge >= 0.3 is 0 Å². The quantitative estimate of drug-likeness (QED) is 0.663. The van der Waals surface area contributed by atoms with E-state index >= 15 is 0 Å². The highest BCUT2D eigenvalue weighted by molar-refractivity contribution is 6.88. The topological polar surface area (TPSA) is 9.23 Å². The number of rotatable bonds is 2. The standard InChI is InChI=1S/C10H15FOSi/c1-12-9-5-8(11)6-10(7-9)13(2,3)4/h5-7H,1-4H3. The van der Waals surface area contributed by atoms with E-state index in [0.717, 1.165) is 5.19 Å². The number of benzene rings is 1. The number of halogens is 1. The molecule has 0 aliphatic heterocycles. The van der Waals surface area contributed by atoms with Crippen LogP contribution in [0.15, 0.2) is 18.2 Å². The van der Waals surface area contributed by atoms with Crippen LogP contribution in [0.3, 0.4) is 0 Å². The molecular weight excluding hydrogens is 183 g/mol. The van der Waals surface area contributed by atoms with E-state index in [9.17, 15) is 4.39 Å². The molecule has 0 unspecified atom stereocenters. The summed E-state index contributed by atoms with van der Waals surface area (Å²) in [5.74, 6) is 0.397. The largest absolute Gasteiger partial charge is 0.497 e. The molecule has 0 aliphatic carbocycles. The lowest BCUT2D eigenvalue weighted by Crippen LogP contribution is -2.37. The van der Waals surface area contributed by atoms with E-state index in [0.29, 0.717) is 5.75 Å². The molecule has 0 aliphatic rings. The van der Waals surface area contributed by atoms with Crippen molar-refractivity contribution in [3.05, 3.63) is 24.0 Å². The fourth-order valence-electron chi connectivity index (χ4n) is 1.11. The second kappa shape index (κ2) is 3.50. The average molecular weight is 198 g/mol. The molecule has 1 rings (SSSR count). The van der Waals surface area contributed by atoms with Crippen LogP contribution in [-0.4, -0.2) is 15.2 Å². The summed E-state index contributed by atoms with van der Waals surface area (Å²) in [6.07, 6.45) is 0. The van der Waals surface area contributed by atoms with Gasteiger partial charge in [-0.15, -0.1) is 0 Å². The lowest BCUT2D eigenvalue weighted by Gasteiger charge is -2.17. The van der Waals surface area contributed by atoms with E-state index in [-0.39, 0.29) is 5.82 Å². The number of ether oxygens (including phenoxy) is 1. The number of methoxy groups -OCH3 is 1. The van der Waals surface area contributed by atoms with E-state index in [2.05, 4.69) is 19.6 Å². The third-order valence-electron chi connectivity index (χ3n) is 1.97. The SMILES string of the molecule is COc1cc(F)cc([Si](C)(C)C)c1. The van der Waals surface area contributed by atoms with Gasteiger partial charge in [0.05, 0.1) is 15.2 Å². The molecule has 0 saturated carbocycles. The molecule has 0 heterocycles. The summed E-state index contributed by atoms with van der Waals surface area (Å²) in [6.45, 7) is 6.55. The van der Waals surface area contributed by atoms with Crippen LogP contribution in [0.5, 0.6) is 5.75 Å². The smallest absolute Gasteiger partial charge is 0.126 e. The van der Waals surface area contributed by atoms with Crippen LogP contribution in [0.4, 0.5) is 4.39 Å². The summed E-state index contributed by atoms with van der Waals surface area (Å²) in [6, 6.07) is 4.94. The summed E-state index contributed by atoms with van der Waals surface area (Å²) >= 11 is 0. The van der Waals surface area contributed by atoms with Crippen molar-refractivity contribution in [2.24, 2.45) is 0 Å². The third kappa shape index (κ3) is 2.55. The first-order chi connectivity index (χ1) is 5.93. The van der Waals surface area contributed by atoms with Crippen molar-refractivity contribution in [2.45, 2.75) is 19.6 Å². The van der Waals surface area contributed by atoms with Crippen molar-refractivity contribution in [2.75, 3.05) is 7.11 Å². The molecule has 0 N–H and O–H groups in total. The Morgan fingerprint density at radius 3 is 2.23 bits per heavy atom. The molecule has 1 aromatic carbocycles. The maximum Gasteiger partial charge on any atom is 0.126 e. The first-order valence-electron chi connectivity index (χ1n) is 4.28. The van der Waals surface area contributed by atoms with Gasteiger partial charge in [-0.2, -0.15) is 0 Å². The van der Waals surface area contributed by atoms with Gasteiger partial charge in [0.2, 0.25) is 0 Å². The molecule has 0 fully saturated rings. The van der Waals surface area contributed by atoms with Gasteiger partial charge < -0.3 is 4.74 Å². The summed E-state index contributed by atoms with van der Waals surface area (Å²) in [5, 5.41) is 1.09. The molecular formula is C10H15FOSi. The Hall–Kier alpha value is -0.833. The summed E-state index contributed by atoms with van der Waals surface area (Å²) in [7, 11) is 0.126. The van der Waals surface area contributed by atoms with Gasteiger partial charge in [-0.3, -0.25) is 0 Å². The molecule has 0 bridgehead atoms. The Labute approximate surface area is 79.6 Å². The Balaban J connectivity index is 3.16. The van der Waals surface area contributed by atoms with E-state index in [4.69, 9.17) is 4.74 Å². The zero-order valence-corrected chi connectivity index (χ0v) is 9.52. The van der Waals surface area contributed by atoms with Gasteiger partial charge in [0.15, 0.2) is 0 Å². The number of hydrogen-bond donors (Lipinski definition) is 0. The minimum absolute atomic E-state index is 0.211. The van der Waals surface area contributed by atoms with E-state index in [1.807, 2.05) is 6.07 Å². The van der Waals surface area contributed by atoms with Crippen LogP contribution in [-0.2, 0) is 0 Å². The van der Waals surface area contributed by atoms with Crippen molar-refractivity contribution >= 4 is 13.3 Å². The zero-order chi connectivity index (χ0) is 10.1. The van der Waals surface area contributed by atoms with Gasteiger partial charge in [-0.05, 0) is 12.1 Å². The Morgan fingerprint density at radius 1 is 1.15 bits per heavy atom. The second-order valence-corrected chi connectivity index (χ2v) is 9.21. The van der Waals surface area contributed by atoms with Crippen LogP contribution in [0.25, 0.3) is 0 Å². The van der Waals surface area contributed by atoms with Crippen LogP contribution < -0.4 is 9.92 Å². The second-order valence-electron chi connectivity index (χ2n) is 4.13. The van der Waals surface area contributed by atoms with Crippen LogP contribution in [0, 0.1) is 5.82 Å². The van der Waals surface area contributed by atoms with Crippen molar-refractivity contribution in [1.82, 2.24) is 0 Å². The highest BCUT2D eigenvalue weighted by Crippen LogP contribution is 2.13. The van der Waals surface area contributed by atoms with Crippen molar-refractivity contribution < 1.29 is 9.13 Å². The lowest BCUT2D eigenvalue weighted by molar-refractivity contribution is 0.412. The van der Waals surface area contributed by atoms with Gasteiger partial charge in [0, 0.05) is 6.07 Å². The molecule has 1 aromatic rings. The fourth-order valence-corrected chi connectivity index (χ4v) is 2.26. The predicted molar refractivity (Wildman–Crippen MR) is 55.9 cm³/mol. The zero-order valence-electron chi connectivity index (χ0n) is 8.52. The summed E-state index contributed by atoms with van der Waals surface area (Å²) < 4.78 is 18.1. The van der Waals surface area contributed by atoms with E-state index < -0.39 is 8.07 Å². The number of hydrogen-bond acceptors (Lipinski definition) is 1. The van der Waals surface area contributed by atoms with E-state index in [1.165, 1.54) is 6.07 Å². The lowest BCUT2D eigenvalue weighted by atomic mass is 10.3. The molecule has 1 nitrogen and oxygen atoms in total. The maximum absolute atomic E-state index is 13.1. The van der Waals surface area contributed by atoms with Crippen LogP contribution in [0.1, 0.15) is 0 Å². The van der Waals surface area contributed by atoms with Crippen LogP contribution >= 0.6 is 0 Å². The first-order valence-corrected chi connectivity index (χ1v) is 7.78. The Bertz CT molecular complexity index is 304. The first kappa shape index (κ1) is 10.2. The van der Waals surface area contributed by atoms with Gasteiger partial charge in [-0.25, -0.2) is 4.39 Å². The summed E-state index contributed by atoms with van der Waals surface area (Å²) in [4.78, 5) is 0. The molecule has 0 amide bonds. The molecule has 13 heavy (non-hydrogen) atoms. The predicted octanol–water partition coefficient (Wildman–Crippen LogP) is 2.38. The molecule has 72 valence electrons. The van der Waals surface area contributed by atoms with Gasteiger partial charge in [-0.1, -0.05) is 24.8 Å². The molecule has 0 radical (unpaired) electrons.